The maximum absolute atomic E-state index is 14.2. The summed E-state index contributed by atoms with van der Waals surface area (Å²) in [6.45, 7) is 9.17. The van der Waals surface area contributed by atoms with Gasteiger partial charge < -0.3 is 24.8 Å². The minimum atomic E-state index is -3.18. The SMILES string of the molecule is CCN(C(=O)c1cc(F)ccc1Oc1cncnc1N1CC2(CCN(C(=O)[C@@H]3C[C@@H](S(C)(=O)=O)CN3)CC2)C1)C(C)C. The highest BCUT2D eigenvalue weighted by molar-refractivity contribution is 7.91. The maximum Gasteiger partial charge on any atom is 0.257 e. The van der Waals surface area contributed by atoms with Gasteiger partial charge in [0.05, 0.1) is 23.1 Å². The number of likely N-dealkylation sites (tertiary alicyclic amines) is 1. The molecule has 0 bridgehead atoms. The first-order valence-electron chi connectivity index (χ1n) is 14.4. The van der Waals surface area contributed by atoms with Crippen LogP contribution in [0.15, 0.2) is 30.7 Å². The minimum Gasteiger partial charge on any atom is -0.451 e. The number of benzene rings is 1. The molecule has 13 heteroatoms. The lowest BCUT2D eigenvalue weighted by atomic mass is 9.72. The standard InChI is InChI=1S/C29H39FN6O5S/c1-5-36(19(2)3)27(37)22-12-20(30)6-7-24(22)41-25-15-31-18-33-26(25)35-16-29(17-35)8-10-34(11-9-29)28(38)23-13-21(14-32-23)42(4,39)40/h6-7,12,15,18-19,21,23,32H,5,8-11,13-14,16-17H2,1-4H3/t21-,23+/m1/s1. The molecule has 2 atom stereocenters. The predicted molar refractivity (Wildman–Crippen MR) is 156 cm³/mol. The first-order chi connectivity index (χ1) is 19.9. The Bertz CT molecular complexity index is 1440. The summed E-state index contributed by atoms with van der Waals surface area (Å²) < 4.78 is 44.2. The molecule has 1 spiro atoms. The molecule has 2 aromatic rings. The predicted octanol–water partition coefficient (Wildman–Crippen LogP) is 2.48. The molecule has 228 valence electrons. The quantitative estimate of drug-likeness (QED) is 0.485. The number of carbonyl (C=O) groups is 2. The van der Waals surface area contributed by atoms with E-state index in [1.165, 1.54) is 30.8 Å². The average Bonchev–Trinajstić information content (AvgIpc) is 3.44. The van der Waals surface area contributed by atoms with Crippen molar-refractivity contribution in [1.29, 1.82) is 0 Å². The third-order valence-electron chi connectivity index (χ3n) is 8.76. The van der Waals surface area contributed by atoms with Crippen LogP contribution in [0.1, 0.15) is 50.4 Å². The van der Waals surface area contributed by atoms with Crippen LogP contribution in [-0.2, 0) is 14.6 Å². The first kappa shape index (κ1) is 30.1. The number of aromatic nitrogens is 2. The van der Waals surface area contributed by atoms with Crippen LogP contribution >= 0.6 is 0 Å². The molecule has 0 aliphatic carbocycles. The Morgan fingerprint density at radius 2 is 1.93 bits per heavy atom. The third-order valence-corrected chi connectivity index (χ3v) is 10.3. The summed E-state index contributed by atoms with van der Waals surface area (Å²) in [5, 5.41) is 2.57. The molecule has 42 heavy (non-hydrogen) atoms. The van der Waals surface area contributed by atoms with Crippen LogP contribution in [0.2, 0.25) is 0 Å². The Morgan fingerprint density at radius 1 is 1.21 bits per heavy atom. The summed E-state index contributed by atoms with van der Waals surface area (Å²) in [5.74, 6) is 0.336. The van der Waals surface area contributed by atoms with Gasteiger partial charge in [-0.25, -0.2) is 22.8 Å². The molecular formula is C29H39FN6O5S. The van der Waals surface area contributed by atoms with Crippen molar-refractivity contribution < 1.29 is 27.1 Å². The van der Waals surface area contributed by atoms with E-state index >= 15 is 0 Å². The van der Waals surface area contributed by atoms with Crippen molar-refractivity contribution in [2.45, 2.75) is 57.4 Å². The molecule has 3 aliphatic rings. The lowest BCUT2D eigenvalue weighted by Gasteiger charge is -2.54. The largest absolute Gasteiger partial charge is 0.451 e. The highest BCUT2D eigenvalue weighted by atomic mass is 32.2. The van der Waals surface area contributed by atoms with Crippen molar-refractivity contribution in [3.8, 4) is 11.5 Å². The van der Waals surface area contributed by atoms with Crippen LogP contribution in [0.25, 0.3) is 0 Å². The number of hydrogen-bond acceptors (Lipinski definition) is 9. The second-order valence-electron chi connectivity index (χ2n) is 12.0. The fraction of sp³-hybridized carbons (Fsp3) is 0.586. The van der Waals surface area contributed by atoms with E-state index < -0.39 is 26.9 Å². The van der Waals surface area contributed by atoms with Gasteiger partial charge in [-0.15, -0.1) is 0 Å². The molecule has 1 aromatic heterocycles. The van der Waals surface area contributed by atoms with Crippen LogP contribution in [0.3, 0.4) is 0 Å². The minimum absolute atomic E-state index is 0.0255. The Morgan fingerprint density at radius 3 is 2.55 bits per heavy atom. The molecule has 0 radical (unpaired) electrons. The molecule has 3 aliphatic heterocycles. The maximum atomic E-state index is 14.2. The number of carbonyl (C=O) groups excluding carboxylic acids is 2. The van der Waals surface area contributed by atoms with Gasteiger partial charge in [0.2, 0.25) is 5.91 Å². The third kappa shape index (κ3) is 6.07. The lowest BCUT2D eigenvalue weighted by molar-refractivity contribution is -0.135. The average molecular weight is 603 g/mol. The van der Waals surface area contributed by atoms with Crippen molar-refractivity contribution >= 4 is 27.5 Å². The number of piperidine rings is 1. The normalized spacial score (nSPS) is 21.9. The molecule has 2 amide bonds. The van der Waals surface area contributed by atoms with Crippen LogP contribution in [0.5, 0.6) is 11.5 Å². The highest BCUT2D eigenvalue weighted by Crippen LogP contribution is 2.45. The number of rotatable bonds is 8. The summed E-state index contributed by atoms with van der Waals surface area (Å²) in [4.78, 5) is 40.5. The van der Waals surface area contributed by atoms with Crippen LogP contribution in [0.4, 0.5) is 10.2 Å². The number of nitrogens with zero attached hydrogens (tertiary/aromatic N) is 5. The number of amides is 2. The van der Waals surface area contributed by atoms with Crippen LogP contribution in [0, 0.1) is 11.2 Å². The van der Waals surface area contributed by atoms with Gasteiger partial charge >= 0.3 is 0 Å². The van der Waals surface area contributed by atoms with Crippen molar-refractivity contribution in [3.63, 3.8) is 0 Å². The molecule has 4 heterocycles. The van der Waals surface area contributed by atoms with Gasteiger partial charge in [-0.1, -0.05) is 0 Å². The number of sulfone groups is 1. The van der Waals surface area contributed by atoms with Gasteiger partial charge in [-0.2, -0.15) is 0 Å². The monoisotopic (exact) mass is 602 g/mol. The lowest BCUT2D eigenvalue weighted by Crippen LogP contribution is -2.62. The molecule has 1 N–H and O–H groups in total. The van der Waals surface area contributed by atoms with E-state index in [2.05, 4.69) is 20.2 Å². The van der Waals surface area contributed by atoms with Crippen molar-refractivity contribution in [2.24, 2.45) is 5.41 Å². The number of nitrogens with one attached hydrogen (secondary N) is 1. The Hall–Kier alpha value is -3.32. The van der Waals surface area contributed by atoms with Gasteiger partial charge in [0.15, 0.2) is 21.4 Å². The molecular weight excluding hydrogens is 563 g/mol. The summed E-state index contributed by atoms with van der Waals surface area (Å²) >= 11 is 0. The summed E-state index contributed by atoms with van der Waals surface area (Å²) in [6.07, 6.45) is 6.19. The molecule has 0 saturated carbocycles. The van der Waals surface area contributed by atoms with Crippen molar-refractivity contribution in [1.82, 2.24) is 25.1 Å². The number of hydrogen-bond donors (Lipinski definition) is 1. The van der Waals surface area contributed by atoms with Gasteiger partial charge in [0.1, 0.15) is 17.9 Å². The molecule has 11 nitrogen and oxygen atoms in total. The van der Waals surface area contributed by atoms with E-state index in [0.29, 0.717) is 44.2 Å². The summed E-state index contributed by atoms with van der Waals surface area (Å²) in [7, 11) is -3.18. The Kier molecular flexibility index (Phi) is 8.44. The fourth-order valence-electron chi connectivity index (χ4n) is 6.26. The number of anilines is 1. The topological polar surface area (TPSA) is 125 Å². The van der Waals surface area contributed by atoms with E-state index in [-0.39, 0.29) is 34.6 Å². The van der Waals surface area contributed by atoms with E-state index in [1.54, 1.807) is 11.1 Å². The molecule has 5 rings (SSSR count). The van der Waals surface area contributed by atoms with E-state index in [0.717, 1.165) is 25.9 Å². The van der Waals surface area contributed by atoms with E-state index in [9.17, 15) is 22.4 Å². The second kappa shape index (κ2) is 11.8. The molecule has 3 fully saturated rings. The van der Waals surface area contributed by atoms with Gasteiger partial charge in [0, 0.05) is 57.0 Å². The fourth-order valence-corrected chi connectivity index (χ4v) is 7.20. The Labute approximate surface area is 246 Å². The molecule has 0 unspecified atom stereocenters. The van der Waals surface area contributed by atoms with Crippen LogP contribution < -0.4 is 15.0 Å². The highest BCUT2D eigenvalue weighted by Gasteiger charge is 2.48. The zero-order valence-electron chi connectivity index (χ0n) is 24.5. The number of halogens is 1. The molecule has 3 saturated heterocycles. The smallest absolute Gasteiger partial charge is 0.257 e. The number of ether oxygens (including phenoxy) is 1. The van der Waals surface area contributed by atoms with Crippen molar-refractivity contribution in [2.75, 3.05) is 50.4 Å². The van der Waals surface area contributed by atoms with Gasteiger partial charge in [0.25, 0.3) is 5.91 Å². The van der Waals surface area contributed by atoms with Crippen LogP contribution in [-0.4, -0.2) is 103 Å². The summed E-state index contributed by atoms with van der Waals surface area (Å²) in [5.41, 5.74) is 0.171. The van der Waals surface area contributed by atoms with Gasteiger partial charge in [-0.05, 0) is 58.2 Å². The zero-order valence-corrected chi connectivity index (χ0v) is 25.4. The molecule has 1 aromatic carbocycles. The van der Waals surface area contributed by atoms with Crippen molar-refractivity contribution in [3.05, 3.63) is 42.1 Å². The zero-order chi connectivity index (χ0) is 30.2. The first-order valence-corrected chi connectivity index (χ1v) is 16.4. The van der Waals surface area contributed by atoms with E-state index in [4.69, 9.17) is 4.74 Å². The Balaban J connectivity index is 1.23. The second-order valence-corrected chi connectivity index (χ2v) is 14.3. The van der Waals surface area contributed by atoms with Gasteiger partial charge in [-0.3, -0.25) is 9.59 Å². The van der Waals surface area contributed by atoms with E-state index in [1.807, 2.05) is 25.7 Å². The summed E-state index contributed by atoms with van der Waals surface area (Å²) in [6, 6.07) is 3.40.